The number of carbonyl (C=O) groups excluding carboxylic acids is 1. The van der Waals surface area contributed by atoms with Crippen molar-refractivity contribution < 1.29 is 4.79 Å². The molecule has 74 valence electrons. The Morgan fingerprint density at radius 3 is 2.62 bits per heavy atom. The second-order valence-corrected chi connectivity index (χ2v) is 4.84. The molecule has 0 aromatic rings. The third-order valence-corrected chi connectivity index (χ3v) is 3.53. The van der Waals surface area contributed by atoms with Crippen LogP contribution in [0.4, 0.5) is 0 Å². The number of likely N-dealkylation sites (tertiary alicyclic amines) is 1. The lowest BCUT2D eigenvalue weighted by molar-refractivity contribution is -0.131. The van der Waals surface area contributed by atoms with Crippen molar-refractivity contribution in [2.45, 2.75) is 37.5 Å². The molecule has 1 unspecified atom stereocenters. The fourth-order valence-electron chi connectivity index (χ4n) is 2.02. The highest BCUT2D eigenvalue weighted by Gasteiger charge is 2.28. The van der Waals surface area contributed by atoms with Crippen LogP contribution in [0.5, 0.6) is 0 Å². The van der Waals surface area contributed by atoms with Crippen molar-refractivity contribution in [3.05, 3.63) is 0 Å². The molecule has 0 aromatic carbocycles. The second kappa shape index (κ2) is 3.87. The zero-order valence-corrected chi connectivity index (χ0v) is 8.59. The molecule has 1 aliphatic heterocycles. The molecule has 2 aliphatic rings. The van der Waals surface area contributed by atoms with Crippen molar-refractivity contribution >= 4 is 17.5 Å². The summed E-state index contributed by atoms with van der Waals surface area (Å²) in [5.74, 6) is 1.01. The van der Waals surface area contributed by atoms with Gasteiger partial charge in [-0.2, -0.15) is 0 Å². The van der Waals surface area contributed by atoms with Crippen LogP contribution in [0, 0.1) is 5.92 Å². The van der Waals surface area contributed by atoms with E-state index in [9.17, 15) is 4.79 Å². The van der Waals surface area contributed by atoms with Gasteiger partial charge in [-0.15, -0.1) is 11.6 Å². The van der Waals surface area contributed by atoms with Crippen molar-refractivity contribution in [1.29, 1.82) is 0 Å². The number of hydrogen-bond acceptors (Lipinski definition) is 1. The fraction of sp³-hybridized carbons (Fsp3) is 0.900. The molecule has 1 heterocycles. The van der Waals surface area contributed by atoms with E-state index in [-0.39, 0.29) is 5.38 Å². The van der Waals surface area contributed by atoms with E-state index in [0.717, 1.165) is 25.9 Å². The molecule has 1 saturated carbocycles. The van der Waals surface area contributed by atoms with Gasteiger partial charge in [0.2, 0.25) is 5.91 Å². The minimum absolute atomic E-state index is 0.199. The largest absolute Gasteiger partial charge is 0.341 e. The van der Waals surface area contributed by atoms with Gasteiger partial charge in [-0.25, -0.2) is 0 Å². The summed E-state index contributed by atoms with van der Waals surface area (Å²) in [6.07, 6.45) is 5.56. The van der Waals surface area contributed by atoms with Gasteiger partial charge in [0.05, 0.1) is 5.38 Å². The van der Waals surface area contributed by atoms with Crippen molar-refractivity contribution in [2.24, 2.45) is 5.92 Å². The summed E-state index contributed by atoms with van der Waals surface area (Å²) < 4.78 is 0. The van der Waals surface area contributed by atoms with E-state index in [1.807, 2.05) is 4.90 Å². The summed E-state index contributed by atoms with van der Waals surface area (Å²) in [5, 5.41) is 0.199. The lowest BCUT2D eigenvalue weighted by Crippen LogP contribution is -2.31. The van der Waals surface area contributed by atoms with E-state index in [1.54, 1.807) is 0 Å². The first-order valence-corrected chi connectivity index (χ1v) is 5.61. The fourth-order valence-corrected chi connectivity index (χ4v) is 2.28. The second-order valence-electron chi connectivity index (χ2n) is 4.23. The Hall–Kier alpha value is -0.240. The van der Waals surface area contributed by atoms with Gasteiger partial charge in [-0.05, 0) is 25.2 Å². The Morgan fingerprint density at radius 2 is 2.15 bits per heavy atom. The van der Waals surface area contributed by atoms with Crippen LogP contribution >= 0.6 is 11.6 Å². The van der Waals surface area contributed by atoms with Crippen LogP contribution < -0.4 is 0 Å². The first kappa shape index (κ1) is 9.32. The van der Waals surface area contributed by atoms with Crippen LogP contribution in [-0.4, -0.2) is 29.3 Å². The predicted molar refractivity (Wildman–Crippen MR) is 52.8 cm³/mol. The summed E-state index contributed by atoms with van der Waals surface area (Å²) in [7, 11) is 0. The van der Waals surface area contributed by atoms with E-state index >= 15 is 0 Å². The number of halogens is 1. The van der Waals surface area contributed by atoms with Gasteiger partial charge in [0.25, 0.3) is 0 Å². The summed E-state index contributed by atoms with van der Waals surface area (Å²) in [5.41, 5.74) is 0. The molecule has 0 N–H and O–H groups in total. The van der Waals surface area contributed by atoms with Crippen LogP contribution in [0.2, 0.25) is 0 Å². The van der Waals surface area contributed by atoms with Gasteiger partial charge in [-0.3, -0.25) is 4.79 Å². The molecule has 13 heavy (non-hydrogen) atoms. The summed E-state index contributed by atoms with van der Waals surface area (Å²) in [6.45, 7) is 1.65. The van der Waals surface area contributed by atoms with E-state index in [2.05, 4.69) is 0 Å². The van der Waals surface area contributed by atoms with Crippen molar-refractivity contribution in [3.8, 4) is 0 Å². The van der Waals surface area contributed by atoms with E-state index in [4.69, 9.17) is 11.6 Å². The third-order valence-electron chi connectivity index (χ3n) is 3.17. The quantitative estimate of drug-likeness (QED) is 0.626. The molecule has 1 amide bonds. The lowest BCUT2D eigenvalue weighted by atomic mass is 9.83. The van der Waals surface area contributed by atoms with Crippen LogP contribution in [-0.2, 0) is 4.79 Å². The van der Waals surface area contributed by atoms with Crippen molar-refractivity contribution in [1.82, 2.24) is 4.90 Å². The standard InChI is InChI=1S/C10H16ClNO/c11-9-4-5-12(7-9)10(13)6-8-2-1-3-8/h8-9H,1-7H2. The Kier molecular flexibility index (Phi) is 2.77. The van der Waals surface area contributed by atoms with E-state index < -0.39 is 0 Å². The molecule has 1 saturated heterocycles. The lowest BCUT2D eigenvalue weighted by Gasteiger charge is -2.26. The minimum atomic E-state index is 0.199. The summed E-state index contributed by atoms with van der Waals surface area (Å²) in [4.78, 5) is 13.6. The maximum atomic E-state index is 11.7. The monoisotopic (exact) mass is 201 g/mol. The first-order valence-electron chi connectivity index (χ1n) is 5.17. The number of hydrogen-bond donors (Lipinski definition) is 0. The SMILES string of the molecule is O=C(CC1CCC1)N1CCC(Cl)C1. The van der Waals surface area contributed by atoms with Crippen LogP contribution in [0.3, 0.4) is 0 Å². The topological polar surface area (TPSA) is 20.3 Å². The van der Waals surface area contributed by atoms with Crippen molar-refractivity contribution in [2.75, 3.05) is 13.1 Å². The third kappa shape index (κ3) is 2.16. The molecule has 2 fully saturated rings. The number of nitrogens with zero attached hydrogens (tertiary/aromatic N) is 1. The zero-order chi connectivity index (χ0) is 9.26. The highest BCUT2D eigenvalue weighted by Crippen LogP contribution is 2.30. The van der Waals surface area contributed by atoms with Gasteiger partial charge in [0.1, 0.15) is 0 Å². The normalized spacial score (nSPS) is 29.0. The number of rotatable bonds is 2. The van der Waals surface area contributed by atoms with Gasteiger partial charge in [0, 0.05) is 19.5 Å². The van der Waals surface area contributed by atoms with E-state index in [0.29, 0.717) is 11.8 Å². The molecule has 0 aromatic heterocycles. The highest BCUT2D eigenvalue weighted by atomic mass is 35.5. The Bertz CT molecular complexity index is 203. The van der Waals surface area contributed by atoms with Crippen LogP contribution in [0.1, 0.15) is 32.1 Å². The average Bonchev–Trinajstić information content (AvgIpc) is 2.44. The Morgan fingerprint density at radius 1 is 1.38 bits per heavy atom. The van der Waals surface area contributed by atoms with Gasteiger partial charge < -0.3 is 4.90 Å². The van der Waals surface area contributed by atoms with Gasteiger partial charge >= 0.3 is 0 Å². The predicted octanol–water partition coefficient (Wildman–Crippen LogP) is 2.02. The van der Waals surface area contributed by atoms with Crippen molar-refractivity contribution in [3.63, 3.8) is 0 Å². The number of amides is 1. The molecule has 2 rings (SSSR count). The van der Waals surface area contributed by atoms with E-state index in [1.165, 1.54) is 19.3 Å². The van der Waals surface area contributed by atoms with Crippen LogP contribution in [0.15, 0.2) is 0 Å². The number of carbonyl (C=O) groups is 1. The first-order chi connectivity index (χ1) is 6.25. The summed E-state index contributed by atoms with van der Waals surface area (Å²) >= 11 is 5.94. The Balaban J connectivity index is 1.76. The molecule has 0 radical (unpaired) electrons. The molecular weight excluding hydrogens is 186 g/mol. The molecule has 3 heteroatoms. The average molecular weight is 202 g/mol. The molecule has 0 bridgehead atoms. The molecule has 1 aliphatic carbocycles. The maximum Gasteiger partial charge on any atom is 0.222 e. The van der Waals surface area contributed by atoms with Crippen LogP contribution in [0.25, 0.3) is 0 Å². The van der Waals surface area contributed by atoms with Gasteiger partial charge in [-0.1, -0.05) is 6.42 Å². The molecular formula is C10H16ClNO. The Labute approximate surface area is 84.2 Å². The molecule has 2 nitrogen and oxygen atoms in total. The molecule has 1 atom stereocenters. The summed E-state index contributed by atoms with van der Waals surface area (Å²) in [6, 6.07) is 0. The molecule has 0 spiro atoms. The highest BCUT2D eigenvalue weighted by molar-refractivity contribution is 6.21. The number of alkyl halides is 1. The maximum absolute atomic E-state index is 11.7. The van der Waals surface area contributed by atoms with Gasteiger partial charge in [0.15, 0.2) is 0 Å². The zero-order valence-electron chi connectivity index (χ0n) is 7.84. The smallest absolute Gasteiger partial charge is 0.222 e. The minimum Gasteiger partial charge on any atom is -0.341 e.